The fourth-order valence-electron chi connectivity index (χ4n) is 3.19. The zero-order valence-electron chi connectivity index (χ0n) is 18.7. The largest absolute Gasteiger partial charge is 0.494 e. The summed E-state index contributed by atoms with van der Waals surface area (Å²) >= 11 is 0. The van der Waals surface area contributed by atoms with Gasteiger partial charge in [-0.25, -0.2) is 0 Å². The Morgan fingerprint density at radius 3 is 2.16 bits per heavy atom. The Labute approximate surface area is 190 Å². The molecule has 0 spiro atoms. The number of carbonyl (C=O) groups is 1. The fraction of sp³-hybridized carbons (Fsp3) is 0.296. The molecule has 32 heavy (non-hydrogen) atoms. The normalized spacial score (nSPS) is 10.4. The molecule has 0 unspecified atom stereocenters. The molecule has 0 radical (unpaired) electrons. The van der Waals surface area contributed by atoms with E-state index in [1.807, 2.05) is 54.6 Å². The van der Waals surface area contributed by atoms with Gasteiger partial charge in [0.15, 0.2) is 0 Å². The molecule has 0 atom stereocenters. The van der Waals surface area contributed by atoms with Crippen molar-refractivity contribution < 1.29 is 14.3 Å². The van der Waals surface area contributed by atoms with Gasteiger partial charge < -0.3 is 20.1 Å². The molecule has 3 aromatic rings. The number of hydrogen-bond donors (Lipinski definition) is 2. The molecule has 1 amide bonds. The van der Waals surface area contributed by atoms with Crippen molar-refractivity contribution in [2.24, 2.45) is 0 Å². The lowest BCUT2D eigenvalue weighted by molar-refractivity contribution is -0.114. The maximum absolute atomic E-state index is 12.3. The number of amides is 1. The molecular formula is C27H32N2O3. The van der Waals surface area contributed by atoms with Crippen LogP contribution in [0.1, 0.15) is 31.7 Å². The van der Waals surface area contributed by atoms with Gasteiger partial charge in [-0.3, -0.25) is 4.79 Å². The summed E-state index contributed by atoms with van der Waals surface area (Å²) in [6.45, 7) is 3.62. The van der Waals surface area contributed by atoms with E-state index in [9.17, 15) is 4.79 Å². The number of benzene rings is 3. The zero-order chi connectivity index (χ0) is 22.4. The first-order valence-corrected chi connectivity index (χ1v) is 11.3. The highest BCUT2D eigenvalue weighted by atomic mass is 16.5. The van der Waals surface area contributed by atoms with Gasteiger partial charge in [-0.2, -0.15) is 0 Å². The third-order valence-corrected chi connectivity index (χ3v) is 4.89. The summed E-state index contributed by atoms with van der Waals surface area (Å²) in [5.41, 5.74) is 2.88. The first kappa shape index (κ1) is 23.2. The highest BCUT2D eigenvalue weighted by Crippen LogP contribution is 2.19. The van der Waals surface area contributed by atoms with Crippen LogP contribution in [0.4, 0.5) is 11.4 Å². The smallest absolute Gasteiger partial charge is 0.243 e. The number of rotatable bonds is 13. The Hall–Kier alpha value is -3.47. The topological polar surface area (TPSA) is 59.6 Å². The number of hydrogen-bond acceptors (Lipinski definition) is 4. The predicted molar refractivity (Wildman–Crippen MR) is 131 cm³/mol. The van der Waals surface area contributed by atoms with Crippen LogP contribution in [0.25, 0.3) is 0 Å². The summed E-state index contributed by atoms with van der Waals surface area (Å²) in [6, 6.07) is 25.6. The Bertz CT molecular complexity index is 960. The molecule has 0 fully saturated rings. The summed E-state index contributed by atoms with van der Waals surface area (Å²) in [5, 5.41) is 6.06. The van der Waals surface area contributed by atoms with Gasteiger partial charge in [0.25, 0.3) is 0 Å². The first-order valence-electron chi connectivity index (χ1n) is 11.3. The van der Waals surface area contributed by atoms with Crippen LogP contribution in [0, 0.1) is 0 Å². The predicted octanol–water partition coefficient (Wildman–Crippen LogP) is 5.93. The molecule has 0 aliphatic carbocycles. The molecular weight excluding hydrogens is 400 g/mol. The molecule has 0 aromatic heterocycles. The molecule has 5 nitrogen and oxygen atoms in total. The van der Waals surface area contributed by atoms with E-state index in [-0.39, 0.29) is 12.5 Å². The average Bonchev–Trinajstić information content (AvgIpc) is 2.82. The van der Waals surface area contributed by atoms with E-state index in [0.717, 1.165) is 48.6 Å². The van der Waals surface area contributed by atoms with Gasteiger partial charge in [-0.05, 0) is 49.1 Å². The third kappa shape index (κ3) is 8.34. The number of nitrogens with one attached hydrogen (secondary N) is 2. The molecule has 0 aliphatic rings. The second-order valence-corrected chi connectivity index (χ2v) is 7.60. The van der Waals surface area contributed by atoms with Crippen LogP contribution in [-0.4, -0.2) is 25.7 Å². The van der Waals surface area contributed by atoms with Gasteiger partial charge in [0, 0.05) is 23.5 Å². The fourth-order valence-corrected chi connectivity index (χ4v) is 3.19. The zero-order valence-corrected chi connectivity index (χ0v) is 18.7. The van der Waals surface area contributed by atoms with E-state index in [1.165, 1.54) is 5.56 Å². The lowest BCUT2D eigenvalue weighted by Gasteiger charge is -2.11. The quantitative estimate of drug-likeness (QED) is 0.329. The Kier molecular flexibility index (Phi) is 9.46. The van der Waals surface area contributed by atoms with Gasteiger partial charge in [0.1, 0.15) is 11.5 Å². The van der Waals surface area contributed by atoms with E-state index >= 15 is 0 Å². The van der Waals surface area contributed by atoms with Crippen LogP contribution >= 0.6 is 0 Å². The molecule has 0 heterocycles. The lowest BCUT2D eigenvalue weighted by atomic mass is 10.1. The van der Waals surface area contributed by atoms with Crippen molar-refractivity contribution in [3.05, 3.63) is 84.4 Å². The van der Waals surface area contributed by atoms with Gasteiger partial charge in [-0.15, -0.1) is 0 Å². The molecule has 0 bridgehead atoms. The van der Waals surface area contributed by atoms with Crippen molar-refractivity contribution in [3.63, 3.8) is 0 Å². The summed E-state index contributed by atoms with van der Waals surface area (Å²) in [7, 11) is 0. The molecule has 5 heteroatoms. The molecule has 3 aromatic carbocycles. The van der Waals surface area contributed by atoms with Gasteiger partial charge >= 0.3 is 0 Å². The Morgan fingerprint density at radius 2 is 1.44 bits per heavy atom. The molecule has 2 N–H and O–H groups in total. The Morgan fingerprint density at radius 1 is 0.781 bits per heavy atom. The van der Waals surface area contributed by atoms with Crippen molar-refractivity contribution in [2.75, 3.05) is 30.4 Å². The van der Waals surface area contributed by atoms with E-state index < -0.39 is 0 Å². The highest BCUT2D eigenvalue weighted by molar-refractivity contribution is 5.93. The van der Waals surface area contributed by atoms with Crippen LogP contribution in [0.15, 0.2) is 78.9 Å². The maximum atomic E-state index is 12.3. The molecule has 0 aliphatic heterocycles. The monoisotopic (exact) mass is 432 g/mol. The molecule has 0 saturated heterocycles. The second kappa shape index (κ2) is 13.1. The molecule has 3 rings (SSSR count). The minimum Gasteiger partial charge on any atom is -0.494 e. The lowest BCUT2D eigenvalue weighted by Crippen LogP contribution is -2.21. The summed E-state index contributed by atoms with van der Waals surface area (Å²) in [5.74, 6) is 1.44. The van der Waals surface area contributed by atoms with E-state index in [1.54, 1.807) is 0 Å². The van der Waals surface area contributed by atoms with Crippen LogP contribution < -0.4 is 20.1 Å². The van der Waals surface area contributed by atoms with Crippen LogP contribution in [0.3, 0.4) is 0 Å². The summed E-state index contributed by atoms with van der Waals surface area (Å²) in [4.78, 5) is 12.3. The van der Waals surface area contributed by atoms with E-state index in [2.05, 4.69) is 41.8 Å². The van der Waals surface area contributed by atoms with Crippen molar-refractivity contribution in [1.82, 2.24) is 0 Å². The molecule has 0 saturated carbocycles. The van der Waals surface area contributed by atoms with Crippen LogP contribution in [0.2, 0.25) is 0 Å². The molecule has 168 valence electrons. The van der Waals surface area contributed by atoms with Crippen molar-refractivity contribution in [1.29, 1.82) is 0 Å². The van der Waals surface area contributed by atoms with Gasteiger partial charge in [0.05, 0.1) is 19.8 Å². The summed E-state index contributed by atoms with van der Waals surface area (Å²) in [6.07, 6.45) is 4.04. The average molecular weight is 433 g/mol. The third-order valence-electron chi connectivity index (χ3n) is 4.89. The standard InChI is InChI=1S/C27H32N2O3/c1-2-3-17-31-26-16-8-14-24(20-26)29-27(30)21-28-23-13-7-15-25(19-23)32-18-9-12-22-10-5-4-6-11-22/h4-8,10-11,13-16,19-20,28H,2-3,9,12,17-18,21H2,1H3,(H,29,30). The second-order valence-electron chi connectivity index (χ2n) is 7.60. The number of aryl methyl sites for hydroxylation is 1. The van der Waals surface area contributed by atoms with Crippen LogP contribution in [-0.2, 0) is 11.2 Å². The van der Waals surface area contributed by atoms with Gasteiger partial charge in [-0.1, -0.05) is 55.8 Å². The van der Waals surface area contributed by atoms with Crippen molar-refractivity contribution in [3.8, 4) is 11.5 Å². The Balaban J connectivity index is 1.40. The number of carbonyl (C=O) groups excluding carboxylic acids is 1. The minimum atomic E-state index is -0.120. The number of unbranched alkanes of at least 4 members (excludes halogenated alkanes) is 1. The maximum Gasteiger partial charge on any atom is 0.243 e. The van der Waals surface area contributed by atoms with E-state index in [4.69, 9.17) is 9.47 Å². The minimum absolute atomic E-state index is 0.120. The van der Waals surface area contributed by atoms with E-state index in [0.29, 0.717) is 13.2 Å². The first-order chi connectivity index (χ1) is 15.7. The van der Waals surface area contributed by atoms with Crippen molar-refractivity contribution in [2.45, 2.75) is 32.6 Å². The van der Waals surface area contributed by atoms with Crippen LogP contribution in [0.5, 0.6) is 11.5 Å². The summed E-state index contributed by atoms with van der Waals surface area (Å²) < 4.78 is 11.6. The number of ether oxygens (including phenoxy) is 2. The van der Waals surface area contributed by atoms with Crippen molar-refractivity contribution >= 4 is 17.3 Å². The van der Waals surface area contributed by atoms with Gasteiger partial charge in [0.2, 0.25) is 5.91 Å². The SMILES string of the molecule is CCCCOc1cccc(NC(=O)CNc2cccc(OCCCc3ccccc3)c2)c1. The highest BCUT2D eigenvalue weighted by Gasteiger charge is 2.05. The number of anilines is 2.